The lowest BCUT2D eigenvalue weighted by atomic mass is 10.1. The van der Waals surface area contributed by atoms with Crippen LogP contribution in [0.1, 0.15) is 17.9 Å². The average molecular weight is 356 g/mol. The summed E-state index contributed by atoms with van der Waals surface area (Å²) in [5.41, 5.74) is 2.48. The van der Waals surface area contributed by atoms with Crippen molar-refractivity contribution in [2.75, 3.05) is 5.32 Å². The van der Waals surface area contributed by atoms with Gasteiger partial charge in [-0.3, -0.25) is 4.79 Å². The molecule has 0 aliphatic heterocycles. The molecule has 0 bridgehead atoms. The standard InChI is InChI=1S/C19H14F2N2OS/c20-13-5-1-11(2-6-13)15-9-16(15)18(24)23-19-22-17(10-25-19)12-3-7-14(21)8-4-12/h1-8,10,15-16H,9H2,(H,22,23,24)/t15-,16+/m0/s1. The highest BCUT2D eigenvalue weighted by Crippen LogP contribution is 2.48. The quantitative estimate of drug-likeness (QED) is 0.727. The summed E-state index contributed by atoms with van der Waals surface area (Å²) in [5.74, 6) is -0.621. The van der Waals surface area contributed by atoms with Crippen LogP contribution in [0.25, 0.3) is 11.3 Å². The van der Waals surface area contributed by atoms with E-state index in [1.54, 1.807) is 24.3 Å². The van der Waals surface area contributed by atoms with E-state index in [4.69, 9.17) is 0 Å². The lowest BCUT2D eigenvalue weighted by Crippen LogP contribution is -2.14. The molecule has 0 saturated heterocycles. The number of hydrogen-bond acceptors (Lipinski definition) is 3. The minimum atomic E-state index is -0.298. The van der Waals surface area contributed by atoms with Gasteiger partial charge in [0.25, 0.3) is 0 Å². The molecule has 1 fully saturated rings. The van der Waals surface area contributed by atoms with Crippen LogP contribution in [0.3, 0.4) is 0 Å². The first kappa shape index (κ1) is 15.9. The third kappa shape index (κ3) is 3.44. The van der Waals surface area contributed by atoms with Gasteiger partial charge in [-0.05, 0) is 54.3 Å². The summed E-state index contributed by atoms with van der Waals surface area (Å²) in [6.45, 7) is 0. The number of rotatable bonds is 4. The van der Waals surface area contributed by atoms with E-state index < -0.39 is 0 Å². The average Bonchev–Trinajstić information content (AvgIpc) is 3.28. The fourth-order valence-electron chi connectivity index (χ4n) is 2.85. The third-order valence-corrected chi connectivity index (χ3v) is 5.06. The Hall–Kier alpha value is -2.60. The third-order valence-electron chi connectivity index (χ3n) is 4.30. The minimum Gasteiger partial charge on any atom is -0.302 e. The summed E-state index contributed by atoms with van der Waals surface area (Å²) < 4.78 is 25.9. The van der Waals surface area contributed by atoms with E-state index >= 15 is 0 Å². The number of carbonyl (C=O) groups is 1. The van der Waals surface area contributed by atoms with Gasteiger partial charge in [0.2, 0.25) is 5.91 Å². The van der Waals surface area contributed by atoms with E-state index in [1.807, 2.05) is 5.38 Å². The zero-order valence-electron chi connectivity index (χ0n) is 13.1. The molecule has 1 heterocycles. The highest BCUT2D eigenvalue weighted by molar-refractivity contribution is 7.14. The zero-order valence-corrected chi connectivity index (χ0v) is 13.9. The van der Waals surface area contributed by atoms with Crippen LogP contribution < -0.4 is 5.32 Å². The van der Waals surface area contributed by atoms with Crippen molar-refractivity contribution < 1.29 is 13.6 Å². The molecule has 1 aromatic heterocycles. The summed E-state index contributed by atoms with van der Waals surface area (Å²) in [6, 6.07) is 12.3. The van der Waals surface area contributed by atoms with Crippen molar-refractivity contribution in [2.24, 2.45) is 5.92 Å². The van der Waals surface area contributed by atoms with Crippen molar-refractivity contribution in [3.63, 3.8) is 0 Å². The topological polar surface area (TPSA) is 42.0 Å². The Morgan fingerprint density at radius 3 is 2.36 bits per heavy atom. The zero-order chi connectivity index (χ0) is 17.4. The molecule has 1 aliphatic rings. The molecule has 3 aromatic rings. The number of anilines is 1. The second-order valence-corrected chi connectivity index (χ2v) is 6.89. The monoisotopic (exact) mass is 356 g/mol. The molecule has 25 heavy (non-hydrogen) atoms. The molecule has 0 radical (unpaired) electrons. The Morgan fingerprint density at radius 2 is 1.68 bits per heavy atom. The van der Waals surface area contributed by atoms with Gasteiger partial charge in [0.15, 0.2) is 5.13 Å². The van der Waals surface area contributed by atoms with E-state index in [2.05, 4.69) is 10.3 Å². The van der Waals surface area contributed by atoms with Crippen LogP contribution in [0.4, 0.5) is 13.9 Å². The lowest BCUT2D eigenvalue weighted by molar-refractivity contribution is -0.117. The predicted octanol–water partition coefficient (Wildman–Crippen LogP) is 4.83. The minimum absolute atomic E-state index is 0.0747. The van der Waals surface area contributed by atoms with Gasteiger partial charge in [0.05, 0.1) is 5.69 Å². The molecule has 1 amide bonds. The molecule has 6 heteroatoms. The van der Waals surface area contributed by atoms with Crippen LogP contribution in [0.2, 0.25) is 0 Å². The summed E-state index contributed by atoms with van der Waals surface area (Å²) in [6.07, 6.45) is 0.758. The second-order valence-electron chi connectivity index (χ2n) is 6.03. The van der Waals surface area contributed by atoms with Crippen LogP contribution in [0.5, 0.6) is 0 Å². The van der Waals surface area contributed by atoms with Crippen LogP contribution in [-0.2, 0) is 4.79 Å². The number of hydrogen-bond donors (Lipinski definition) is 1. The summed E-state index contributed by atoms with van der Waals surface area (Å²) in [4.78, 5) is 16.7. The van der Waals surface area contributed by atoms with Crippen LogP contribution in [0.15, 0.2) is 53.9 Å². The van der Waals surface area contributed by atoms with Gasteiger partial charge in [-0.25, -0.2) is 13.8 Å². The molecule has 0 unspecified atom stereocenters. The Labute approximate surface area is 147 Å². The predicted molar refractivity (Wildman–Crippen MR) is 93.4 cm³/mol. The van der Waals surface area contributed by atoms with E-state index in [1.165, 1.54) is 35.6 Å². The van der Waals surface area contributed by atoms with E-state index in [9.17, 15) is 13.6 Å². The van der Waals surface area contributed by atoms with Crippen LogP contribution in [-0.4, -0.2) is 10.9 Å². The van der Waals surface area contributed by atoms with Crippen molar-refractivity contribution in [3.05, 3.63) is 71.1 Å². The van der Waals surface area contributed by atoms with Gasteiger partial charge >= 0.3 is 0 Å². The molecule has 2 atom stereocenters. The summed E-state index contributed by atoms with van der Waals surface area (Å²) in [7, 11) is 0. The Morgan fingerprint density at radius 1 is 1.04 bits per heavy atom. The first-order valence-electron chi connectivity index (χ1n) is 7.88. The highest BCUT2D eigenvalue weighted by Gasteiger charge is 2.44. The number of nitrogens with zero attached hydrogens (tertiary/aromatic N) is 1. The van der Waals surface area contributed by atoms with Crippen molar-refractivity contribution in [3.8, 4) is 11.3 Å². The molecule has 3 nitrogen and oxygen atoms in total. The van der Waals surface area contributed by atoms with Gasteiger partial charge in [-0.1, -0.05) is 12.1 Å². The maximum atomic E-state index is 13.0. The molecular weight excluding hydrogens is 342 g/mol. The highest BCUT2D eigenvalue weighted by atomic mass is 32.1. The lowest BCUT2D eigenvalue weighted by Gasteiger charge is -2.02. The van der Waals surface area contributed by atoms with Gasteiger partial charge in [-0.2, -0.15) is 0 Å². The number of halogens is 2. The Balaban J connectivity index is 1.40. The van der Waals surface area contributed by atoms with Gasteiger partial charge in [0, 0.05) is 16.9 Å². The molecular formula is C19H14F2N2OS. The largest absolute Gasteiger partial charge is 0.302 e. The van der Waals surface area contributed by atoms with Crippen molar-refractivity contribution in [1.29, 1.82) is 0 Å². The maximum absolute atomic E-state index is 13.0. The number of amides is 1. The SMILES string of the molecule is O=C(Nc1nc(-c2ccc(F)cc2)cs1)[C@@H]1C[C@H]1c1ccc(F)cc1. The van der Waals surface area contributed by atoms with E-state index in [0.717, 1.165) is 17.5 Å². The van der Waals surface area contributed by atoms with Gasteiger partial charge < -0.3 is 5.32 Å². The molecule has 126 valence electrons. The Kier molecular flexibility index (Phi) is 4.05. The van der Waals surface area contributed by atoms with Crippen molar-refractivity contribution in [1.82, 2.24) is 4.98 Å². The first-order valence-corrected chi connectivity index (χ1v) is 8.76. The molecule has 4 rings (SSSR count). The summed E-state index contributed by atoms with van der Waals surface area (Å²) >= 11 is 1.33. The number of benzene rings is 2. The van der Waals surface area contributed by atoms with E-state index in [-0.39, 0.29) is 29.4 Å². The summed E-state index contributed by atoms with van der Waals surface area (Å²) in [5, 5.41) is 5.19. The van der Waals surface area contributed by atoms with Crippen molar-refractivity contribution >= 4 is 22.4 Å². The molecule has 1 N–H and O–H groups in total. The van der Waals surface area contributed by atoms with Crippen molar-refractivity contribution in [2.45, 2.75) is 12.3 Å². The Bertz CT molecular complexity index is 906. The van der Waals surface area contributed by atoms with E-state index in [0.29, 0.717) is 10.8 Å². The number of thiazole rings is 1. The second kappa shape index (κ2) is 6.37. The smallest absolute Gasteiger partial charge is 0.229 e. The fourth-order valence-corrected chi connectivity index (χ4v) is 3.57. The fraction of sp³-hybridized carbons (Fsp3) is 0.158. The number of nitrogens with one attached hydrogen (secondary N) is 1. The van der Waals surface area contributed by atoms with Crippen LogP contribution >= 0.6 is 11.3 Å². The maximum Gasteiger partial charge on any atom is 0.229 e. The molecule has 1 aliphatic carbocycles. The first-order chi connectivity index (χ1) is 12.1. The number of carbonyl (C=O) groups excluding carboxylic acids is 1. The molecule has 1 saturated carbocycles. The number of aromatic nitrogens is 1. The van der Waals surface area contributed by atoms with Gasteiger partial charge in [0.1, 0.15) is 11.6 Å². The van der Waals surface area contributed by atoms with Gasteiger partial charge in [-0.15, -0.1) is 11.3 Å². The normalized spacial score (nSPS) is 18.8. The molecule has 0 spiro atoms. The van der Waals surface area contributed by atoms with Crippen LogP contribution in [0, 0.1) is 17.6 Å². The molecule has 2 aromatic carbocycles.